The van der Waals surface area contributed by atoms with E-state index in [4.69, 9.17) is 5.11 Å². The summed E-state index contributed by atoms with van der Waals surface area (Å²) in [5, 5.41) is 9.10. The zero-order chi connectivity index (χ0) is 13.2. The van der Waals surface area contributed by atoms with Crippen LogP contribution in [-0.2, 0) is 17.6 Å². The number of anilines is 1. The van der Waals surface area contributed by atoms with Gasteiger partial charge in [0.1, 0.15) is 18.7 Å². The van der Waals surface area contributed by atoms with E-state index in [2.05, 4.69) is 9.97 Å². The first-order chi connectivity index (χ1) is 9.24. The highest BCUT2D eigenvalue weighted by Gasteiger charge is 2.28. The van der Waals surface area contributed by atoms with Crippen molar-refractivity contribution in [3.05, 3.63) is 17.6 Å². The van der Waals surface area contributed by atoms with Crippen molar-refractivity contribution in [1.29, 1.82) is 0 Å². The van der Waals surface area contributed by atoms with Gasteiger partial charge in [0.05, 0.1) is 0 Å². The molecule has 1 fully saturated rings. The second kappa shape index (κ2) is 5.15. The van der Waals surface area contributed by atoms with E-state index in [1.54, 1.807) is 6.33 Å². The number of aryl methyl sites for hydroxylation is 1. The first-order valence-electron chi connectivity index (χ1n) is 7.03. The van der Waals surface area contributed by atoms with Crippen LogP contribution >= 0.6 is 0 Å². The lowest BCUT2D eigenvalue weighted by atomic mass is 9.96. The number of aliphatic carboxylic acids is 1. The number of fused-ring (bicyclic) bond motifs is 1. The molecule has 1 aromatic rings. The maximum Gasteiger partial charge on any atom is 0.323 e. The van der Waals surface area contributed by atoms with Crippen molar-refractivity contribution in [2.24, 2.45) is 5.92 Å². The van der Waals surface area contributed by atoms with Gasteiger partial charge in [-0.1, -0.05) is 0 Å². The minimum Gasteiger partial charge on any atom is -0.480 e. The van der Waals surface area contributed by atoms with Gasteiger partial charge in [0.2, 0.25) is 0 Å². The quantitative estimate of drug-likeness (QED) is 0.873. The molecule has 1 aromatic heterocycles. The summed E-state index contributed by atoms with van der Waals surface area (Å²) in [4.78, 5) is 21.7. The fourth-order valence-electron chi connectivity index (χ4n) is 2.78. The molecule has 1 saturated carbocycles. The van der Waals surface area contributed by atoms with Crippen LogP contribution in [0.3, 0.4) is 0 Å². The molecule has 2 aliphatic carbocycles. The van der Waals surface area contributed by atoms with Gasteiger partial charge in [-0.3, -0.25) is 4.79 Å². The highest BCUT2D eigenvalue weighted by molar-refractivity contribution is 5.73. The molecule has 5 heteroatoms. The van der Waals surface area contributed by atoms with Crippen LogP contribution in [0.4, 0.5) is 5.82 Å². The maximum absolute atomic E-state index is 11.1. The SMILES string of the molecule is O=C(O)CN(CC1CC1)c1ncnc2c1CCCC2. The molecule has 1 N–H and O–H groups in total. The van der Waals surface area contributed by atoms with Gasteiger partial charge in [-0.25, -0.2) is 9.97 Å². The zero-order valence-corrected chi connectivity index (χ0v) is 11.0. The third-order valence-electron chi connectivity index (χ3n) is 3.90. The number of aromatic nitrogens is 2. The van der Waals surface area contributed by atoms with E-state index in [0.29, 0.717) is 5.92 Å². The summed E-state index contributed by atoms with van der Waals surface area (Å²) < 4.78 is 0. The average molecular weight is 261 g/mol. The second-order valence-electron chi connectivity index (χ2n) is 5.55. The fourth-order valence-corrected chi connectivity index (χ4v) is 2.78. The highest BCUT2D eigenvalue weighted by Crippen LogP contribution is 2.33. The van der Waals surface area contributed by atoms with E-state index >= 15 is 0 Å². The lowest BCUT2D eigenvalue weighted by Gasteiger charge is -2.26. The largest absolute Gasteiger partial charge is 0.480 e. The molecule has 0 aromatic carbocycles. The van der Waals surface area contributed by atoms with Crippen molar-refractivity contribution in [3.8, 4) is 0 Å². The highest BCUT2D eigenvalue weighted by atomic mass is 16.4. The number of carboxylic acid groups (broad SMARTS) is 1. The Balaban J connectivity index is 1.89. The van der Waals surface area contributed by atoms with Crippen LogP contribution in [0.15, 0.2) is 6.33 Å². The van der Waals surface area contributed by atoms with Crippen molar-refractivity contribution in [2.45, 2.75) is 38.5 Å². The van der Waals surface area contributed by atoms with E-state index in [-0.39, 0.29) is 6.54 Å². The molecule has 0 amide bonds. The van der Waals surface area contributed by atoms with E-state index in [1.165, 1.54) is 24.8 Å². The summed E-state index contributed by atoms with van der Waals surface area (Å²) in [5.41, 5.74) is 2.29. The molecular weight excluding hydrogens is 242 g/mol. The number of nitrogens with zero attached hydrogens (tertiary/aromatic N) is 3. The van der Waals surface area contributed by atoms with Gasteiger partial charge in [0.15, 0.2) is 0 Å². The van der Waals surface area contributed by atoms with Crippen molar-refractivity contribution < 1.29 is 9.90 Å². The van der Waals surface area contributed by atoms with E-state index in [0.717, 1.165) is 37.3 Å². The van der Waals surface area contributed by atoms with E-state index in [1.807, 2.05) is 4.90 Å². The second-order valence-corrected chi connectivity index (χ2v) is 5.55. The molecule has 0 aliphatic heterocycles. The van der Waals surface area contributed by atoms with Crippen LogP contribution in [0.25, 0.3) is 0 Å². The number of hydrogen-bond donors (Lipinski definition) is 1. The van der Waals surface area contributed by atoms with Gasteiger partial charge < -0.3 is 10.0 Å². The Kier molecular flexibility index (Phi) is 3.36. The molecule has 102 valence electrons. The number of carboxylic acids is 1. The van der Waals surface area contributed by atoms with Crippen LogP contribution in [0.2, 0.25) is 0 Å². The molecule has 0 bridgehead atoms. The third kappa shape index (κ3) is 2.85. The van der Waals surface area contributed by atoms with Gasteiger partial charge in [0.25, 0.3) is 0 Å². The number of carbonyl (C=O) groups is 1. The molecule has 0 spiro atoms. The molecule has 5 nitrogen and oxygen atoms in total. The van der Waals surface area contributed by atoms with Gasteiger partial charge in [0, 0.05) is 17.8 Å². The summed E-state index contributed by atoms with van der Waals surface area (Å²) in [7, 11) is 0. The Hall–Kier alpha value is -1.65. The normalized spacial score (nSPS) is 17.9. The summed E-state index contributed by atoms with van der Waals surface area (Å²) >= 11 is 0. The first kappa shape index (κ1) is 12.4. The topological polar surface area (TPSA) is 66.3 Å². The minimum absolute atomic E-state index is 0.0416. The maximum atomic E-state index is 11.1. The summed E-state index contributed by atoms with van der Waals surface area (Å²) in [6.07, 6.45) is 8.30. The molecule has 0 radical (unpaired) electrons. The molecule has 0 unspecified atom stereocenters. The van der Waals surface area contributed by atoms with Crippen LogP contribution in [-0.4, -0.2) is 34.1 Å². The van der Waals surface area contributed by atoms with Crippen LogP contribution in [0, 0.1) is 5.92 Å². The molecule has 19 heavy (non-hydrogen) atoms. The molecular formula is C14H19N3O2. The van der Waals surface area contributed by atoms with Gasteiger partial charge >= 0.3 is 5.97 Å². The summed E-state index contributed by atoms with van der Waals surface area (Å²) in [5.74, 6) is 0.719. The number of hydrogen-bond acceptors (Lipinski definition) is 4. The molecule has 3 rings (SSSR count). The smallest absolute Gasteiger partial charge is 0.323 e. The Bertz CT molecular complexity index is 486. The molecule has 1 heterocycles. The van der Waals surface area contributed by atoms with Crippen molar-refractivity contribution in [2.75, 3.05) is 18.0 Å². The van der Waals surface area contributed by atoms with Crippen LogP contribution in [0.1, 0.15) is 36.9 Å². The van der Waals surface area contributed by atoms with Crippen molar-refractivity contribution >= 4 is 11.8 Å². The Labute approximate surface area is 112 Å². The standard InChI is InChI=1S/C14H19N3O2/c18-13(19)8-17(7-10-5-6-10)14-11-3-1-2-4-12(11)15-9-16-14/h9-10H,1-8H2,(H,18,19). The Morgan fingerprint density at radius 2 is 2.11 bits per heavy atom. The van der Waals surface area contributed by atoms with Gasteiger partial charge in [-0.15, -0.1) is 0 Å². The van der Waals surface area contributed by atoms with Crippen molar-refractivity contribution in [1.82, 2.24) is 9.97 Å². The zero-order valence-electron chi connectivity index (χ0n) is 11.0. The van der Waals surface area contributed by atoms with Gasteiger partial charge in [-0.05, 0) is 44.4 Å². The van der Waals surface area contributed by atoms with E-state index < -0.39 is 5.97 Å². The monoisotopic (exact) mass is 261 g/mol. The molecule has 0 saturated heterocycles. The third-order valence-corrected chi connectivity index (χ3v) is 3.90. The van der Waals surface area contributed by atoms with Crippen LogP contribution in [0.5, 0.6) is 0 Å². The summed E-state index contributed by atoms with van der Waals surface area (Å²) in [6.45, 7) is 0.857. The Morgan fingerprint density at radius 3 is 2.84 bits per heavy atom. The minimum atomic E-state index is -0.788. The van der Waals surface area contributed by atoms with E-state index in [9.17, 15) is 4.79 Å². The lowest BCUT2D eigenvalue weighted by molar-refractivity contribution is -0.135. The first-order valence-corrected chi connectivity index (χ1v) is 7.03. The van der Waals surface area contributed by atoms with Crippen molar-refractivity contribution in [3.63, 3.8) is 0 Å². The molecule has 2 aliphatic rings. The average Bonchev–Trinajstić information content (AvgIpc) is 3.21. The summed E-state index contributed by atoms with van der Waals surface area (Å²) in [6, 6.07) is 0. The predicted molar refractivity (Wildman–Crippen MR) is 71.2 cm³/mol. The predicted octanol–water partition coefficient (Wildman–Crippen LogP) is 1.66. The fraction of sp³-hybridized carbons (Fsp3) is 0.643. The molecule has 0 atom stereocenters. The lowest BCUT2D eigenvalue weighted by Crippen LogP contribution is -2.33. The van der Waals surface area contributed by atoms with Gasteiger partial charge in [-0.2, -0.15) is 0 Å². The number of rotatable bonds is 5. The Morgan fingerprint density at radius 1 is 1.32 bits per heavy atom. The van der Waals surface area contributed by atoms with Crippen LogP contribution < -0.4 is 4.90 Å².